The molecule has 2 heterocycles. The minimum absolute atomic E-state index is 0.147. The minimum Gasteiger partial charge on any atom is -0.493 e. The monoisotopic (exact) mass is 609 g/mol. The predicted octanol–water partition coefficient (Wildman–Crippen LogP) is 4.08. The first-order valence-electron chi connectivity index (χ1n) is 13.8. The van der Waals surface area contributed by atoms with Crippen LogP contribution >= 0.6 is 11.3 Å². The van der Waals surface area contributed by atoms with Crippen LogP contribution in [-0.2, 0) is 10.0 Å². The highest BCUT2D eigenvalue weighted by atomic mass is 32.2. The summed E-state index contributed by atoms with van der Waals surface area (Å²) >= 11 is 1.64. The Labute approximate surface area is 250 Å². The van der Waals surface area contributed by atoms with E-state index in [1.165, 1.54) is 16.4 Å². The standard InChI is InChI=1S/C30H35N5O5S2/c1-4-35(23-8-6-5-7-9-23)42(37,38)24-12-10-22(11-13-24)29(36)31-16-17-33-18-20-34(21-19-33)30-32-27-26(41-30)15-14-25(39-2)28(27)40-3/h5-15H,4,16-21H2,1-3H3,(H,31,36). The van der Waals surface area contributed by atoms with Gasteiger partial charge in [-0.05, 0) is 55.5 Å². The fourth-order valence-electron chi connectivity index (χ4n) is 5.02. The van der Waals surface area contributed by atoms with Crippen molar-refractivity contribution in [3.05, 3.63) is 72.3 Å². The van der Waals surface area contributed by atoms with Gasteiger partial charge in [-0.2, -0.15) is 0 Å². The Hall–Kier alpha value is -3.87. The van der Waals surface area contributed by atoms with E-state index in [0.717, 1.165) is 48.1 Å². The normalized spacial score (nSPS) is 14.1. The van der Waals surface area contributed by atoms with Crippen LogP contribution in [0.1, 0.15) is 17.3 Å². The third-order valence-corrected chi connectivity index (χ3v) is 10.3. The number of amides is 1. The van der Waals surface area contributed by atoms with Gasteiger partial charge in [-0.1, -0.05) is 29.5 Å². The SMILES string of the molecule is CCN(c1ccccc1)S(=O)(=O)c1ccc(C(=O)NCCN2CCN(c3nc4c(OC)c(OC)ccc4s3)CC2)cc1. The molecule has 1 aliphatic rings. The van der Waals surface area contributed by atoms with Crippen molar-refractivity contribution in [2.24, 2.45) is 0 Å². The van der Waals surface area contributed by atoms with Crippen LogP contribution in [-0.4, -0.2) is 84.2 Å². The van der Waals surface area contributed by atoms with Crippen molar-refractivity contribution in [3.8, 4) is 11.5 Å². The van der Waals surface area contributed by atoms with Crippen molar-refractivity contribution in [2.45, 2.75) is 11.8 Å². The molecule has 0 saturated carbocycles. The molecule has 1 N–H and O–H groups in total. The highest BCUT2D eigenvalue weighted by Gasteiger charge is 2.24. The lowest BCUT2D eigenvalue weighted by atomic mass is 10.2. The second kappa shape index (κ2) is 13.0. The number of para-hydroxylation sites is 1. The van der Waals surface area contributed by atoms with Crippen molar-refractivity contribution in [2.75, 3.05) is 69.2 Å². The number of sulfonamides is 1. The van der Waals surface area contributed by atoms with Gasteiger partial charge in [-0.15, -0.1) is 0 Å². The van der Waals surface area contributed by atoms with E-state index in [1.54, 1.807) is 68.9 Å². The maximum Gasteiger partial charge on any atom is 0.264 e. The molecule has 5 rings (SSSR count). The Morgan fingerprint density at radius 1 is 0.976 bits per heavy atom. The van der Waals surface area contributed by atoms with E-state index >= 15 is 0 Å². The zero-order valence-electron chi connectivity index (χ0n) is 23.9. The number of ether oxygens (including phenoxy) is 2. The molecule has 4 aromatic rings. The summed E-state index contributed by atoms with van der Waals surface area (Å²) in [5, 5.41) is 3.92. The summed E-state index contributed by atoms with van der Waals surface area (Å²) in [6.45, 7) is 6.69. The molecule has 1 amide bonds. The lowest BCUT2D eigenvalue weighted by molar-refractivity contribution is 0.0947. The van der Waals surface area contributed by atoms with Gasteiger partial charge in [0.05, 0.1) is 29.5 Å². The number of fused-ring (bicyclic) bond motifs is 1. The third kappa shape index (κ3) is 6.15. The number of hydrogen-bond acceptors (Lipinski definition) is 9. The van der Waals surface area contributed by atoms with Crippen LogP contribution in [0.15, 0.2) is 71.6 Å². The van der Waals surface area contributed by atoms with Crippen LogP contribution in [0, 0.1) is 0 Å². The molecule has 1 saturated heterocycles. The van der Waals surface area contributed by atoms with Gasteiger partial charge in [0.15, 0.2) is 16.6 Å². The first-order valence-corrected chi connectivity index (χ1v) is 16.1. The first kappa shape index (κ1) is 29.6. The fraction of sp³-hybridized carbons (Fsp3) is 0.333. The summed E-state index contributed by atoms with van der Waals surface area (Å²) in [6.07, 6.45) is 0. The predicted molar refractivity (Wildman–Crippen MR) is 167 cm³/mol. The molecule has 0 unspecified atom stereocenters. The lowest BCUT2D eigenvalue weighted by Crippen LogP contribution is -2.48. The van der Waals surface area contributed by atoms with Crippen molar-refractivity contribution >= 4 is 48.3 Å². The molecule has 1 aromatic heterocycles. The van der Waals surface area contributed by atoms with E-state index in [9.17, 15) is 13.2 Å². The number of nitrogens with zero attached hydrogens (tertiary/aromatic N) is 4. The molecule has 1 aliphatic heterocycles. The Morgan fingerprint density at radius 3 is 2.33 bits per heavy atom. The highest BCUT2D eigenvalue weighted by Crippen LogP contribution is 2.40. The molecule has 0 spiro atoms. The van der Waals surface area contributed by atoms with Crippen LogP contribution < -0.4 is 24.0 Å². The average molecular weight is 610 g/mol. The minimum atomic E-state index is -3.74. The Kier molecular flexibility index (Phi) is 9.15. The molecule has 0 bridgehead atoms. The number of nitrogens with one attached hydrogen (secondary N) is 1. The number of carbonyl (C=O) groups is 1. The molecule has 3 aromatic carbocycles. The second-order valence-corrected chi connectivity index (χ2v) is 12.6. The van der Waals surface area contributed by atoms with Crippen LogP contribution in [0.5, 0.6) is 11.5 Å². The number of thiazole rings is 1. The van der Waals surface area contributed by atoms with Gasteiger partial charge in [0.25, 0.3) is 15.9 Å². The van der Waals surface area contributed by atoms with Crippen molar-refractivity contribution < 1.29 is 22.7 Å². The quantitative estimate of drug-likeness (QED) is 0.271. The number of aromatic nitrogens is 1. The van der Waals surface area contributed by atoms with Crippen molar-refractivity contribution in [3.63, 3.8) is 0 Å². The van der Waals surface area contributed by atoms with Gasteiger partial charge in [-0.3, -0.25) is 14.0 Å². The summed E-state index contributed by atoms with van der Waals surface area (Å²) in [6, 6.07) is 19.0. The van der Waals surface area contributed by atoms with E-state index in [2.05, 4.69) is 15.1 Å². The van der Waals surface area contributed by atoms with Gasteiger partial charge >= 0.3 is 0 Å². The first-order chi connectivity index (χ1) is 20.3. The van der Waals surface area contributed by atoms with Gasteiger partial charge in [0, 0.05) is 51.4 Å². The largest absolute Gasteiger partial charge is 0.493 e. The molecule has 222 valence electrons. The topological polar surface area (TPSA) is 104 Å². The van der Waals surface area contributed by atoms with E-state index in [0.29, 0.717) is 35.8 Å². The number of hydrogen-bond donors (Lipinski definition) is 1. The Balaban J connectivity index is 1.12. The number of benzene rings is 3. The number of methoxy groups -OCH3 is 2. The van der Waals surface area contributed by atoms with Crippen LogP contribution in [0.2, 0.25) is 0 Å². The second-order valence-electron chi connectivity index (χ2n) is 9.76. The third-order valence-electron chi connectivity index (χ3n) is 7.28. The lowest BCUT2D eigenvalue weighted by Gasteiger charge is -2.34. The van der Waals surface area contributed by atoms with Gasteiger partial charge < -0.3 is 19.7 Å². The number of carbonyl (C=O) groups excluding carboxylic acids is 1. The number of piperazine rings is 1. The summed E-state index contributed by atoms with van der Waals surface area (Å²) in [5.74, 6) is 1.09. The Morgan fingerprint density at radius 2 is 1.69 bits per heavy atom. The van der Waals surface area contributed by atoms with Crippen molar-refractivity contribution in [1.29, 1.82) is 0 Å². The number of anilines is 2. The summed E-state index contributed by atoms with van der Waals surface area (Å²) in [5.41, 5.74) is 1.83. The molecule has 0 atom stereocenters. The fourth-order valence-corrected chi connectivity index (χ4v) is 7.51. The summed E-state index contributed by atoms with van der Waals surface area (Å²) < 4.78 is 39.8. The van der Waals surface area contributed by atoms with Gasteiger partial charge in [0.2, 0.25) is 0 Å². The summed E-state index contributed by atoms with van der Waals surface area (Å²) in [7, 11) is -0.497. The van der Waals surface area contributed by atoms with Crippen LogP contribution in [0.3, 0.4) is 0 Å². The van der Waals surface area contributed by atoms with E-state index in [1.807, 2.05) is 18.2 Å². The Bertz CT molecular complexity index is 1620. The molecular weight excluding hydrogens is 574 g/mol. The van der Waals surface area contributed by atoms with Crippen molar-refractivity contribution in [1.82, 2.24) is 15.2 Å². The molecule has 12 heteroatoms. The molecular formula is C30H35N5O5S2. The maximum absolute atomic E-state index is 13.2. The van der Waals surface area contributed by atoms with Gasteiger partial charge in [0.1, 0.15) is 5.52 Å². The summed E-state index contributed by atoms with van der Waals surface area (Å²) in [4.78, 5) is 22.3. The zero-order chi connectivity index (χ0) is 29.7. The maximum atomic E-state index is 13.2. The van der Waals surface area contributed by atoms with Crippen LogP contribution in [0.4, 0.5) is 10.8 Å². The van der Waals surface area contributed by atoms with Gasteiger partial charge in [-0.25, -0.2) is 13.4 Å². The number of rotatable bonds is 11. The van der Waals surface area contributed by atoms with E-state index in [-0.39, 0.29) is 10.8 Å². The van der Waals surface area contributed by atoms with Crippen LogP contribution in [0.25, 0.3) is 10.2 Å². The molecule has 0 radical (unpaired) electrons. The smallest absolute Gasteiger partial charge is 0.264 e. The average Bonchev–Trinajstić information content (AvgIpc) is 3.46. The molecule has 1 fully saturated rings. The molecule has 42 heavy (non-hydrogen) atoms. The highest BCUT2D eigenvalue weighted by molar-refractivity contribution is 7.92. The molecule has 10 nitrogen and oxygen atoms in total. The van der Waals surface area contributed by atoms with E-state index in [4.69, 9.17) is 14.5 Å². The van der Waals surface area contributed by atoms with E-state index < -0.39 is 10.0 Å². The molecule has 0 aliphatic carbocycles. The zero-order valence-corrected chi connectivity index (χ0v) is 25.6.